The van der Waals surface area contributed by atoms with E-state index in [1.54, 1.807) is 4.90 Å². The smallest absolute Gasteiger partial charge is 0.319 e. The highest BCUT2D eigenvalue weighted by Gasteiger charge is 2.20. The Morgan fingerprint density at radius 3 is 2.39 bits per heavy atom. The van der Waals surface area contributed by atoms with Gasteiger partial charge in [-0.25, -0.2) is 0 Å². The average molecular weight is 410 g/mol. The van der Waals surface area contributed by atoms with E-state index in [0.717, 1.165) is 42.8 Å². The Labute approximate surface area is 168 Å². The number of hydrogen-bond acceptors (Lipinski definition) is 8. The van der Waals surface area contributed by atoms with Gasteiger partial charge in [0.05, 0.1) is 32.7 Å². The molecule has 3 heterocycles. The number of rotatable bonds is 8. The van der Waals surface area contributed by atoms with Crippen molar-refractivity contribution in [2.75, 3.05) is 51.8 Å². The summed E-state index contributed by atoms with van der Waals surface area (Å²) in [6.07, 6.45) is 4.20. The first kappa shape index (κ1) is 20.3. The Morgan fingerprint density at radius 2 is 1.79 bits per heavy atom. The van der Waals surface area contributed by atoms with Gasteiger partial charge in [-0.3, -0.25) is 14.5 Å². The molecule has 1 saturated heterocycles. The molecule has 0 aromatic carbocycles. The first-order valence-electron chi connectivity index (χ1n) is 9.15. The normalized spacial score (nSPS) is 14.1. The molecule has 0 unspecified atom stereocenters. The second kappa shape index (κ2) is 9.20. The Morgan fingerprint density at radius 1 is 1.14 bits per heavy atom. The molecule has 0 N–H and O–H groups in total. The van der Waals surface area contributed by atoms with Gasteiger partial charge in [0.25, 0.3) is 0 Å². The molecule has 10 heteroatoms. The lowest BCUT2D eigenvalue weighted by Gasteiger charge is -2.20. The highest BCUT2D eigenvalue weighted by Crippen LogP contribution is 2.28. The summed E-state index contributed by atoms with van der Waals surface area (Å²) < 4.78 is 11.4. The largest absolute Gasteiger partial charge is 0.468 e. The van der Waals surface area contributed by atoms with Gasteiger partial charge in [0.2, 0.25) is 5.28 Å². The summed E-state index contributed by atoms with van der Waals surface area (Å²) in [7, 11) is 2.63. The number of anilines is 1. The maximum atomic E-state index is 11.6. The van der Waals surface area contributed by atoms with Crippen LogP contribution in [0.25, 0.3) is 11.0 Å². The second-order valence-corrected chi connectivity index (χ2v) is 6.96. The fourth-order valence-corrected chi connectivity index (χ4v) is 3.49. The molecule has 0 bridgehead atoms. The van der Waals surface area contributed by atoms with Crippen molar-refractivity contribution in [3.63, 3.8) is 0 Å². The third kappa shape index (κ3) is 4.71. The molecule has 0 atom stereocenters. The molecule has 0 aliphatic carbocycles. The topological polar surface area (TPSA) is 89.8 Å². The lowest BCUT2D eigenvalue weighted by molar-refractivity contribution is -0.145. The van der Waals surface area contributed by atoms with Crippen molar-refractivity contribution in [3.05, 3.63) is 17.5 Å². The molecule has 28 heavy (non-hydrogen) atoms. The van der Waals surface area contributed by atoms with Crippen molar-refractivity contribution in [2.24, 2.45) is 0 Å². The molecule has 0 saturated carbocycles. The molecule has 2 aromatic heterocycles. The van der Waals surface area contributed by atoms with Crippen LogP contribution in [0.1, 0.15) is 12.8 Å². The number of nitrogens with zero attached hydrogens (tertiary/aromatic N) is 5. The van der Waals surface area contributed by atoms with Crippen LogP contribution in [0.15, 0.2) is 12.3 Å². The number of halogens is 1. The number of hydrogen-bond donors (Lipinski definition) is 0. The van der Waals surface area contributed by atoms with Gasteiger partial charge in [0.1, 0.15) is 11.5 Å². The second-order valence-electron chi connectivity index (χ2n) is 6.62. The third-order valence-corrected chi connectivity index (χ3v) is 4.96. The number of carbonyl (C=O) groups is 2. The van der Waals surface area contributed by atoms with Gasteiger partial charge in [-0.05, 0) is 30.5 Å². The molecule has 0 amide bonds. The van der Waals surface area contributed by atoms with E-state index >= 15 is 0 Å². The van der Waals surface area contributed by atoms with Crippen LogP contribution in [0.4, 0.5) is 5.82 Å². The van der Waals surface area contributed by atoms with E-state index in [-0.39, 0.29) is 18.4 Å². The average Bonchev–Trinajstić information content (AvgIpc) is 3.35. The van der Waals surface area contributed by atoms with Crippen LogP contribution in [0.5, 0.6) is 0 Å². The van der Waals surface area contributed by atoms with Crippen molar-refractivity contribution >= 4 is 40.4 Å². The lowest BCUT2D eigenvalue weighted by atomic mass is 10.3. The van der Waals surface area contributed by atoms with E-state index in [2.05, 4.69) is 14.9 Å². The minimum Gasteiger partial charge on any atom is -0.468 e. The fourth-order valence-electron chi connectivity index (χ4n) is 3.33. The third-order valence-electron chi connectivity index (χ3n) is 4.79. The maximum Gasteiger partial charge on any atom is 0.319 e. The van der Waals surface area contributed by atoms with Gasteiger partial charge < -0.3 is 18.9 Å². The van der Waals surface area contributed by atoms with E-state index < -0.39 is 11.9 Å². The predicted octanol–water partition coefficient (Wildman–Crippen LogP) is 1.33. The van der Waals surface area contributed by atoms with Gasteiger partial charge >= 0.3 is 11.9 Å². The minimum atomic E-state index is -0.414. The zero-order valence-corrected chi connectivity index (χ0v) is 16.8. The molecule has 1 aliphatic rings. The molecule has 1 aliphatic heterocycles. The predicted molar refractivity (Wildman–Crippen MR) is 104 cm³/mol. The zero-order chi connectivity index (χ0) is 20.1. The summed E-state index contributed by atoms with van der Waals surface area (Å²) in [4.78, 5) is 36.0. The monoisotopic (exact) mass is 409 g/mol. The first-order chi connectivity index (χ1) is 13.5. The van der Waals surface area contributed by atoms with Crippen LogP contribution in [0.2, 0.25) is 5.28 Å². The Balaban J connectivity index is 1.78. The van der Waals surface area contributed by atoms with Crippen molar-refractivity contribution in [3.8, 4) is 0 Å². The van der Waals surface area contributed by atoms with Gasteiger partial charge in [-0.2, -0.15) is 9.97 Å². The summed E-state index contributed by atoms with van der Waals surface area (Å²) in [5.41, 5.74) is 0.734. The maximum absolute atomic E-state index is 11.6. The van der Waals surface area contributed by atoms with Crippen molar-refractivity contribution in [2.45, 2.75) is 19.4 Å². The molecule has 3 rings (SSSR count). The van der Waals surface area contributed by atoms with Crippen molar-refractivity contribution < 1.29 is 19.1 Å². The minimum absolute atomic E-state index is 0.000427. The summed E-state index contributed by atoms with van der Waals surface area (Å²) in [5, 5.41) is 1.15. The molecular formula is C18H24ClN5O4. The van der Waals surface area contributed by atoms with Crippen LogP contribution >= 0.6 is 11.6 Å². The van der Waals surface area contributed by atoms with E-state index in [1.807, 2.05) is 16.8 Å². The number of fused-ring (bicyclic) bond motifs is 1. The molecular weight excluding hydrogens is 386 g/mol. The van der Waals surface area contributed by atoms with Gasteiger partial charge in [-0.15, -0.1) is 0 Å². The molecule has 9 nitrogen and oxygen atoms in total. The van der Waals surface area contributed by atoms with Crippen LogP contribution in [-0.4, -0.2) is 78.3 Å². The quantitative estimate of drug-likeness (QED) is 0.476. The van der Waals surface area contributed by atoms with Crippen molar-refractivity contribution in [1.82, 2.24) is 19.4 Å². The SMILES string of the molecule is COC(=O)CN(CCn1ccc2c(N3CCCC3)nc(Cl)nc21)CC(=O)OC. The van der Waals surface area contributed by atoms with Crippen LogP contribution in [-0.2, 0) is 25.6 Å². The first-order valence-corrected chi connectivity index (χ1v) is 9.53. The number of carbonyl (C=O) groups excluding carboxylic acids is 2. The van der Waals surface area contributed by atoms with Gasteiger partial charge in [0.15, 0.2) is 0 Å². The highest BCUT2D eigenvalue weighted by molar-refractivity contribution is 6.28. The Bertz CT molecular complexity index is 832. The van der Waals surface area contributed by atoms with Crippen molar-refractivity contribution in [1.29, 1.82) is 0 Å². The summed E-state index contributed by atoms with van der Waals surface area (Å²) in [6.45, 7) is 2.87. The summed E-state index contributed by atoms with van der Waals surface area (Å²) in [6, 6.07) is 1.98. The Kier molecular flexibility index (Phi) is 6.69. The van der Waals surface area contributed by atoms with E-state index in [1.165, 1.54) is 14.2 Å². The molecule has 152 valence electrons. The fraction of sp³-hybridized carbons (Fsp3) is 0.556. The number of esters is 2. The lowest BCUT2D eigenvalue weighted by Crippen LogP contribution is -2.37. The molecule has 0 spiro atoms. The number of aromatic nitrogens is 3. The Hall–Kier alpha value is -2.39. The van der Waals surface area contributed by atoms with Gasteiger partial charge in [-0.1, -0.05) is 0 Å². The van der Waals surface area contributed by atoms with Crippen LogP contribution in [0, 0.1) is 0 Å². The summed E-state index contributed by atoms with van der Waals surface area (Å²) >= 11 is 6.17. The molecule has 0 radical (unpaired) electrons. The molecule has 1 fully saturated rings. The zero-order valence-electron chi connectivity index (χ0n) is 16.1. The molecule has 2 aromatic rings. The van der Waals surface area contributed by atoms with E-state index in [9.17, 15) is 9.59 Å². The van der Waals surface area contributed by atoms with Crippen LogP contribution < -0.4 is 4.90 Å². The standard InChI is InChI=1S/C18H24ClN5O4/c1-27-14(25)11-22(12-15(26)28-2)9-10-24-8-5-13-16(23-6-3-4-7-23)20-18(19)21-17(13)24/h5,8H,3-4,6-7,9-12H2,1-2H3. The highest BCUT2D eigenvalue weighted by atomic mass is 35.5. The van der Waals surface area contributed by atoms with E-state index in [4.69, 9.17) is 21.1 Å². The van der Waals surface area contributed by atoms with Crippen LogP contribution in [0.3, 0.4) is 0 Å². The summed E-state index contributed by atoms with van der Waals surface area (Å²) in [5.74, 6) is 0.0261. The van der Waals surface area contributed by atoms with E-state index in [0.29, 0.717) is 13.1 Å². The van der Waals surface area contributed by atoms with Gasteiger partial charge in [0, 0.05) is 32.4 Å². The number of methoxy groups -OCH3 is 2. The number of ether oxygens (including phenoxy) is 2.